The van der Waals surface area contributed by atoms with E-state index in [0.717, 1.165) is 27.1 Å². The van der Waals surface area contributed by atoms with Crippen LogP contribution in [0.2, 0.25) is 0 Å². The third-order valence-corrected chi connectivity index (χ3v) is 4.10. The average Bonchev–Trinajstić information content (AvgIpc) is 2.59. The zero-order valence-corrected chi connectivity index (χ0v) is 13.8. The molecule has 0 unspecified atom stereocenters. The fourth-order valence-electron chi connectivity index (χ4n) is 2.87. The first-order chi connectivity index (χ1) is 11.6. The van der Waals surface area contributed by atoms with Crippen LogP contribution in [0.25, 0.3) is 21.5 Å². The Hall–Kier alpha value is -3.00. The third kappa shape index (κ3) is 3.18. The van der Waals surface area contributed by atoms with Crippen LogP contribution < -0.4 is 0 Å². The smallest absolute Gasteiger partial charge is 0.123 e. The largest absolute Gasteiger partial charge is 0.507 e. The predicted molar refractivity (Wildman–Crippen MR) is 101 cm³/mol. The average molecular weight is 316 g/mol. The van der Waals surface area contributed by atoms with E-state index in [1.54, 1.807) is 12.1 Å². The predicted octanol–water partition coefficient (Wildman–Crippen LogP) is 5.71. The second-order valence-corrected chi connectivity index (χ2v) is 5.95. The molecule has 0 atom stereocenters. The van der Waals surface area contributed by atoms with Crippen molar-refractivity contribution in [1.29, 1.82) is 0 Å². The summed E-state index contributed by atoms with van der Waals surface area (Å²) in [6, 6.07) is 23.2. The normalized spacial score (nSPS) is 10.4. The number of rotatable bonds is 0. The second-order valence-electron chi connectivity index (χ2n) is 5.95. The molecule has 24 heavy (non-hydrogen) atoms. The molecular weight excluding hydrogens is 296 g/mol. The van der Waals surface area contributed by atoms with Gasteiger partial charge in [0.2, 0.25) is 0 Å². The summed E-state index contributed by atoms with van der Waals surface area (Å²) in [5, 5.41) is 23.1. The lowest BCUT2D eigenvalue weighted by atomic mass is 10.1. The van der Waals surface area contributed by atoms with E-state index in [1.165, 1.54) is 5.56 Å². The molecule has 2 N–H and O–H groups in total. The summed E-state index contributed by atoms with van der Waals surface area (Å²) in [5.41, 5.74) is 2.29. The first kappa shape index (κ1) is 15.9. The van der Waals surface area contributed by atoms with E-state index in [2.05, 4.69) is 6.07 Å². The van der Waals surface area contributed by atoms with Gasteiger partial charge in [0, 0.05) is 10.8 Å². The van der Waals surface area contributed by atoms with Gasteiger partial charge in [0.15, 0.2) is 0 Å². The minimum Gasteiger partial charge on any atom is -0.507 e. The van der Waals surface area contributed by atoms with E-state index < -0.39 is 0 Å². The lowest BCUT2D eigenvalue weighted by Crippen LogP contribution is -1.77. The molecule has 0 fully saturated rings. The highest BCUT2D eigenvalue weighted by molar-refractivity contribution is 5.90. The van der Waals surface area contributed by atoms with Crippen molar-refractivity contribution in [2.45, 2.75) is 13.8 Å². The molecule has 0 saturated heterocycles. The van der Waals surface area contributed by atoms with E-state index in [9.17, 15) is 10.2 Å². The van der Waals surface area contributed by atoms with Crippen LogP contribution in [-0.2, 0) is 0 Å². The van der Waals surface area contributed by atoms with Crippen LogP contribution >= 0.6 is 0 Å². The van der Waals surface area contributed by atoms with Gasteiger partial charge in [-0.05, 0) is 47.9 Å². The van der Waals surface area contributed by atoms with Gasteiger partial charge in [-0.2, -0.15) is 0 Å². The Morgan fingerprint density at radius 2 is 1.21 bits per heavy atom. The van der Waals surface area contributed by atoms with Crippen molar-refractivity contribution >= 4 is 21.5 Å². The minimum absolute atomic E-state index is 0.358. The first-order valence-electron chi connectivity index (χ1n) is 7.92. The number of aromatic hydroxyl groups is 2. The van der Waals surface area contributed by atoms with Gasteiger partial charge in [0.25, 0.3) is 0 Å². The molecule has 0 radical (unpaired) electrons. The van der Waals surface area contributed by atoms with Gasteiger partial charge in [0.1, 0.15) is 11.5 Å². The Morgan fingerprint density at radius 3 is 1.92 bits per heavy atom. The monoisotopic (exact) mass is 316 g/mol. The van der Waals surface area contributed by atoms with Crippen LogP contribution in [0.5, 0.6) is 11.5 Å². The molecule has 0 aliphatic carbocycles. The van der Waals surface area contributed by atoms with Gasteiger partial charge >= 0.3 is 0 Å². The van der Waals surface area contributed by atoms with Crippen molar-refractivity contribution in [1.82, 2.24) is 0 Å². The van der Waals surface area contributed by atoms with Crippen molar-refractivity contribution in [3.63, 3.8) is 0 Å². The standard InChI is InChI=1S/2C11H10O/c1-8-6-9-4-2-3-5-10(9)11(12)7-8;1-8-6-7-11(12)10-5-3-2-4-9(8)10/h2*2-7,12H,1H3. The maximum atomic E-state index is 9.55. The summed E-state index contributed by atoms with van der Waals surface area (Å²) in [5.74, 6) is 0.724. The van der Waals surface area contributed by atoms with E-state index in [1.807, 2.05) is 68.4 Å². The molecule has 0 aliphatic rings. The lowest BCUT2D eigenvalue weighted by Gasteiger charge is -2.02. The van der Waals surface area contributed by atoms with Crippen LogP contribution in [0.1, 0.15) is 11.1 Å². The molecule has 4 aromatic rings. The molecule has 4 aromatic carbocycles. The summed E-state index contributed by atoms with van der Waals surface area (Å²) in [4.78, 5) is 0. The molecule has 2 heteroatoms. The van der Waals surface area contributed by atoms with Gasteiger partial charge in [-0.3, -0.25) is 0 Å². The number of fused-ring (bicyclic) bond motifs is 2. The fraction of sp³-hybridized carbons (Fsp3) is 0.0909. The highest BCUT2D eigenvalue weighted by Gasteiger charge is 1.99. The quantitative estimate of drug-likeness (QED) is 0.436. The van der Waals surface area contributed by atoms with Gasteiger partial charge < -0.3 is 10.2 Å². The van der Waals surface area contributed by atoms with E-state index in [0.29, 0.717) is 11.5 Å². The van der Waals surface area contributed by atoms with E-state index in [-0.39, 0.29) is 0 Å². The van der Waals surface area contributed by atoms with Gasteiger partial charge in [0.05, 0.1) is 0 Å². The van der Waals surface area contributed by atoms with Crippen LogP contribution in [0, 0.1) is 13.8 Å². The van der Waals surface area contributed by atoms with Gasteiger partial charge in [-0.25, -0.2) is 0 Å². The molecular formula is C22H20O2. The van der Waals surface area contributed by atoms with Crippen molar-refractivity contribution in [3.05, 3.63) is 83.9 Å². The van der Waals surface area contributed by atoms with Crippen molar-refractivity contribution in [2.75, 3.05) is 0 Å². The Morgan fingerprint density at radius 1 is 0.583 bits per heavy atom. The minimum atomic E-state index is 0.358. The van der Waals surface area contributed by atoms with Crippen molar-refractivity contribution < 1.29 is 10.2 Å². The van der Waals surface area contributed by atoms with Crippen molar-refractivity contribution in [2.24, 2.45) is 0 Å². The number of phenols is 2. The van der Waals surface area contributed by atoms with E-state index >= 15 is 0 Å². The first-order valence-corrected chi connectivity index (χ1v) is 7.92. The van der Waals surface area contributed by atoms with E-state index in [4.69, 9.17) is 0 Å². The number of hydrogen-bond donors (Lipinski definition) is 2. The lowest BCUT2D eigenvalue weighted by molar-refractivity contribution is 0.481. The zero-order valence-electron chi connectivity index (χ0n) is 13.8. The molecule has 0 spiro atoms. The van der Waals surface area contributed by atoms with Crippen LogP contribution in [0.4, 0.5) is 0 Å². The maximum Gasteiger partial charge on any atom is 0.123 e. The highest BCUT2D eigenvalue weighted by Crippen LogP contribution is 2.26. The molecule has 0 heterocycles. The SMILES string of the molecule is Cc1cc(O)c2ccccc2c1.Cc1ccc(O)c2ccccc12. The number of hydrogen-bond acceptors (Lipinski definition) is 2. The van der Waals surface area contributed by atoms with Crippen LogP contribution in [-0.4, -0.2) is 10.2 Å². The maximum absolute atomic E-state index is 9.55. The molecule has 0 aromatic heterocycles. The van der Waals surface area contributed by atoms with Crippen LogP contribution in [0.3, 0.4) is 0 Å². The summed E-state index contributed by atoms with van der Waals surface area (Å²) < 4.78 is 0. The topological polar surface area (TPSA) is 40.5 Å². The van der Waals surface area contributed by atoms with Gasteiger partial charge in [-0.1, -0.05) is 60.7 Å². The molecule has 2 nitrogen and oxygen atoms in total. The Labute approximate surface area is 141 Å². The van der Waals surface area contributed by atoms with Crippen LogP contribution in [0.15, 0.2) is 72.8 Å². The molecule has 120 valence electrons. The molecule has 0 saturated carbocycles. The Kier molecular flexibility index (Phi) is 4.39. The number of phenolic OH excluding ortho intramolecular Hbond substituents is 2. The molecule has 4 rings (SSSR count). The fourth-order valence-corrected chi connectivity index (χ4v) is 2.87. The summed E-state index contributed by atoms with van der Waals surface area (Å²) in [7, 11) is 0. The molecule has 0 aliphatic heterocycles. The third-order valence-electron chi connectivity index (χ3n) is 4.10. The van der Waals surface area contributed by atoms with Crippen molar-refractivity contribution in [3.8, 4) is 11.5 Å². The summed E-state index contributed by atoms with van der Waals surface area (Å²) in [6.07, 6.45) is 0. The van der Waals surface area contributed by atoms with Gasteiger partial charge in [-0.15, -0.1) is 0 Å². The number of aryl methyl sites for hydroxylation is 2. The zero-order chi connectivity index (χ0) is 17.1. The Balaban J connectivity index is 0.000000141. The second kappa shape index (κ2) is 6.63. The molecule has 0 amide bonds. The Bertz CT molecular complexity index is 963. The highest BCUT2D eigenvalue weighted by atomic mass is 16.3. The summed E-state index contributed by atoms with van der Waals surface area (Å²) in [6.45, 7) is 4.02. The molecule has 0 bridgehead atoms. The number of benzene rings is 4. The summed E-state index contributed by atoms with van der Waals surface area (Å²) >= 11 is 0.